The maximum atomic E-state index is 11.8. The van der Waals surface area contributed by atoms with Crippen molar-refractivity contribution >= 4 is 27.5 Å². The molecule has 1 aromatic rings. The number of nitrogens with one attached hydrogen (secondary N) is 1. The zero-order chi connectivity index (χ0) is 15.6. The molecule has 1 saturated heterocycles. The van der Waals surface area contributed by atoms with Gasteiger partial charge in [0.05, 0.1) is 18.0 Å². The second-order valence-electron chi connectivity index (χ2n) is 4.82. The van der Waals surface area contributed by atoms with Crippen molar-refractivity contribution in [1.29, 1.82) is 0 Å². The molecule has 1 N–H and O–H groups in total. The molecule has 0 spiro atoms. The number of hydrogen-bond acceptors (Lipinski definition) is 5. The average molecular weight is 312 g/mol. The summed E-state index contributed by atoms with van der Waals surface area (Å²) in [6.07, 6.45) is 0.184. The van der Waals surface area contributed by atoms with Gasteiger partial charge >= 0.3 is 6.09 Å². The fourth-order valence-corrected chi connectivity index (χ4v) is 2.60. The van der Waals surface area contributed by atoms with E-state index in [1.807, 2.05) is 0 Å². The van der Waals surface area contributed by atoms with Gasteiger partial charge in [0.25, 0.3) is 0 Å². The van der Waals surface area contributed by atoms with Gasteiger partial charge in [-0.1, -0.05) is 0 Å². The normalized spacial score (nSPS) is 18.5. The molecule has 0 bridgehead atoms. The minimum atomic E-state index is -3.27. The topological polar surface area (TPSA) is 92.8 Å². The molecule has 8 heteroatoms. The van der Waals surface area contributed by atoms with Crippen LogP contribution in [0.4, 0.5) is 10.5 Å². The number of carbonyl (C=O) groups excluding carboxylic acids is 2. The van der Waals surface area contributed by atoms with Gasteiger partial charge in [-0.3, -0.25) is 9.69 Å². The summed E-state index contributed by atoms with van der Waals surface area (Å²) >= 11 is 0. The highest BCUT2D eigenvalue weighted by Gasteiger charge is 2.32. The lowest BCUT2D eigenvalue weighted by molar-refractivity contribution is -0.119. The molecule has 0 saturated carbocycles. The van der Waals surface area contributed by atoms with Crippen LogP contribution < -0.4 is 10.2 Å². The van der Waals surface area contributed by atoms with Crippen LogP contribution >= 0.6 is 0 Å². The first-order chi connectivity index (χ1) is 9.77. The molecule has 1 atom stereocenters. The van der Waals surface area contributed by atoms with Crippen LogP contribution in [0.1, 0.15) is 6.92 Å². The summed E-state index contributed by atoms with van der Waals surface area (Å²) in [5.41, 5.74) is 0.553. The Labute approximate surface area is 122 Å². The van der Waals surface area contributed by atoms with E-state index in [4.69, 9.17) is 4.74 Å². The van der Waals surface area contributed by atoms with Crippen LogP contribution in [-0.2, 0) is 19.4 Å². The summed E-state index contributed by atoms with van der Waals surface area (Å²) < 4.78 is 27.9. The van der Waals surface area contributed by atoms with Crippen LogP contribution in [0.3, 0.4) is 0 Å². The Morgan fingerprint density at radius 2 is 2.00 bits per heavy atom. The van der Waals surface area contributed by atoms with E-state index < -0.39 is 22.0 Å². The third-order valence-electron chi connectivity index (χ3n) is 3.03. The van der Waals surface area contributed by atoms with Gasteiger partial charge in [-0.25, -0.2) is 13.2 Å². The predicted molar refractivity (Wildman–Crippen MR) is 75.9 cm³/mol. The smallest absolute Gasteiger partial charge is 0.414 e. The number of cyclic esters (lactones) is 1. The van der Waals surface area contributed by atoms with Gasteiger partial charge in [-0.05, 0) is 24.3 Å². The van der Waals surface area contributed by atoms with E-state index in [1.165, 1.54) is 24.0 Å². The molecule has 1 aromatic carbocycles. The highest BCUT2D eigenvalue weighted by Crippen LogP contribution is 2.23. The SMILES string of the molecule is CC(=O)NCC1CN(c2ccc(S(C)(=O)=O)cc2)C(=O)O1. The molecule has 1 aliphatic heterocycles. The van der Waals surface area contributed by atoms with Crippen molar-refractivity contribution in [2.75, 3.05) is 24.2 Å². The summed E-state index contributed by atoms with van der Waals surface area (Å²) in [6.45, 7) is 1.94. The summed E-state index contributed by atoms with van der Waals surface area (Å²) in [5.74, 6) is -0.193. The fourth-order valence-electron chi connectivity index (χ4n) is 1.97. The van der Waals surface area contributed by atoms with Gasteiger partial charge in [0.15, 0.2) is 9.84 Å². The average Bonchev–Trinajstić information content (AvgIpc) is 2.77. The summed E-state index contributed by atoms with van der Waals surface area (Å²) in [7, 11) is -3.27. The second kappa shape index (κ2) is 5.72. The number of benzene rings is 1. The molecule has 0 aliphatic carbocycles. The van der Waals surface area contributed by atoms with E-state index in [0.717, 1.165) is 6.26 Å². The lowest BCUT2D eigenvalue weighted by Gasteiger charge is -2.13. The van der Waals surface area contributed by atoms with Crippen LogP contribution in [-0.4, -0.2) is 45.9 Å². The zero-order valence-corrected chi connectivity index (χ0v) is 12.5. The number of ether oxygens (including phenoxy) is 1. The molecule has 1 fully saturated rings. The van der Waals surface area contributed by atoms with Gasteiger partial charge in [0.1, 0.15) is 6.10 Å². The van der Waals surface area contributed by atoms with E-state index in [0.29, 0.717) is 12.2 Å². The van der Waals surface area contributed by atoms with Gasteiger partial charge in [-0.2, -0.15) is 0 Å². The number of sulfone groups is 1. The largest absolute Gasteiger partial charge is 0.442 e. The summed E-state index contributed by atoms with van der Waals surface area (Å²) in [6, 6.07) is 6.00. The van der Waals surface area contributed by atoms with E-state index in [2.05, 4.69) is 5.32 Å². The van der Waals surface area contributed by atoms with E-state index >= 15 is 0 Å². The molecule has 2 rings (SSSR count). The van der Waals surface area contributed by atoms with Crippen molar-refractivity contribution in [3.05, 3.63) is 24.3 Å². The Balaban J connectivity index is 2.08. The minimum absolute atomic E-state index is 0.189. The molecule has 1 heterocycles. The Hall–Kier alpha value is -2.09. The lowest BCUT2D eigenvalue weighted by Crippen LogP contribution is -2.33. The number of amides is 2. The Kier molecular flexibility index (Phi) is 4.17. The maximum Gasteiger partial charge on any atom is 0.414 e. The van der Waals surface area contributed by atoms with Gasteiger partial charge in [-0.15, -0.1) is 0 Å². The van der Waals surface area contributed by atoms with Gasteiger partial charge in [0, 0.05) is 18.9 Å². The molecule has 1 unspecified atom stereocenters. The molecular weight excluding hydrogens is 296 g/mol. The van der Waals surface area contributed by atoms with E-state index in [9.17, 15) is 18.0 Å². The number of rotatable bonds is 4. The van der Waals surface area contributed by atoms with Crippen LogP contribution in [0.2, 0.25) is 0 Å². The van der Waals surface area contributed by atoms with Crippen molar-refractivity contribution in [1.82, 2.24) is 5.32 Å². The van der Waals surface area contributed by atoms with Gasteiger partial charge in [0.2, 0.25) is 5.91 Å². The highest BCUT2D eigenvalue weighted by atomic mass is 32.2. The first-order valence-corrected chi connectivity index (χ1v) is 8.19. The quantitative estimate of drug-likeness (QED) is 0.876. The molecule has 114 valence electrons. The van der Waals surface area contributed by atoms with Crippen LogP contribution in [0.15, 0.2) is 29.2 Å². The summed E-state index contributed by atoms with van der Waals surface area (Å²) in [4.78, 5) is 24.2. The van der Waals surface area contributed by atoms with Crippen LogP contribution in [0.5, 0.6) is 0 Å². The molecule has 0 radical (unpaired) electrons. The Morgan fingerprint density at radius 3 is 2.52 bits per heavy atom. The van der Waals surface area contributed by atoms with Crippen LogP contribution in [0.25, 0.3) is 0 Å². The molecular formula is C13H16N2O5S. The lowest BCUT2D eigenvalue weighted by atomic mass is 10.2. The monoisotopic (exact) mass is 312 g/mol. The fraction of sp³-hybridized carbons (Fsp3) is 0.385. The third kappa shape index (κ3) is 3.72. The minimum Gasteiger partial charge on any atom is -0.442 e. The Bertz CT molecular complexity index is 654. The van der Waals surface area contributed by atoms with Crippen molar-refractivity contribution in [2.45, 2.75) is 17.9 Å². The maximum absolute atomic E-state index is 11.8. The molecule has 2 amide bonds. The van der Waals surface area contributed by atoms with Crippen LogP contribution in [0, 0.1) is 0 Å². The van der Waals surface area contributed by atoms with E-state index in [1.54, 1.807) is 12.1 Å². The molecule has 7 nitrogen and oxygen atoms in total. The second-order valence-corrected chi connectivity index (χ2v) is 6.84. The van der Waals surface area contributed by atoms with Crippen molar-refractivity contribution < 1.29 is 22.7 Å². The van der Waals surface area contributed by atoms with Crippen molar-refractivity contribution in [3.8, 4) is 0 Å². The molecule has 1 aliphatic rings. The third-order valence-corrected chi connectivity index (χ3v) is 4.16. The first kappa shape index (κ1) is 15.3. The highest BCUT2D eigenvalue weighted by molar-refractivity contribution is 7.90. The summed E-state index contributed by atoms with van der Waals surface area (Å²) in [5, 5.41) is 2.59. The van der Waals surface area contributed by atoms with Gasteiger partial charge < -0.3 is 10.1 Å². The number of hydrogen-bond donors (Lipinski definition) is 1. The standard InChI is InChI=1S/C13H16N2O5S/c1-9(16)14-7-11-8-15(13(17)20-11)10-3-5-12(6-4-10)21(2,18)19/h3-6,11H,7-8H2,1-2H3,(H,14,16). The Morgan fingerprint density at radius 1 is 1.38 bits per heavy atom. The molecule has 21 heavy (non-hydrogen) atoms. The number of nitrogens with zero attached hydrogens (tertiary/aromatic N) is 1. The van der Waals surface area contributed by atoms with Crippen molar-refractivity contribution in [3.63, 3.8) is 0 Å². The predicted octanol–water partition coefficient (Wildman–Crippen LogP) is 0.551. The molecule has 0 aromatic heterocycles. The zero-order valence-electron chi connectivity index (χ0n) is 11.7. The van der Waals surface area contributed by atoms with Crippen molar-refractivity contribution in [2.24, 2.45) is 0 Å². The number of anilines is 1. The van der Waals surface area contributed by atoms with E-state index in [-0.39, 0.29) is 17.3 Å². The first-order valence-electron chi connectivity index (χ1n) is 6.30. The number of carbonyl (C=O) groups is 2.